The van der Waals surface area contributed by atoms with Crippen molar-refractivity contribution in [3.8, 4) is 0 Å². The van der Waals surface area contributed by atoms with Crippen molar-refractivity contribution in [2.24, 2.45) is 0 Å². The highest BCUT2D eigenvalue weighted by Crippen LogP contribution is 2.29. The van der Waals surface area contributed by atoms with Crippen LogP contribution in [0.5, 0.6) is 0 Å². The van der Waals surface area contributed by atoms with Crippen molar-refractivity contribution in [1.29, 1.82) is 0 Å². The zero-order chi connectivity index (χ0) is 22.3. The molecule has 2 heterocycles. The molecule has 0 bridgehead atoms. The molecule has 1 aliphatic rings. The molecular weight excluding hydrogens is 438 g/mol. The molecule has 170 valence electrons. The number of piperidine rings is 1. The number of rotatable bonds is 5. The Morgan fingerprint density at radius 1 is 0.970 bits per heavy atom. The first-order chi connectivity index (χ1) is 15.6. The molecule has 33 heavy (non-hydrogen) atoms. The Hall–Kier alpha value is -3.48. The quantitative estimate of drug-likeness (QED) is 0.329. The standard InChI is InChI=1S/C26H25N3O3.ClH/c30-25(28-32)14-12-23-8-3-9-24(27-23)13-15-26(31)29-16-4-7-22(18-29)21-11-10-19-5-1-2-6-20(19)17-21;/h1-3,5-6,8-15,17,22,32H,4,7,16,18H2,(H,28,30);1H. The molecule has 1 unspecified atom stereocenters. The number of halogens is 1. The van der Waals surface area contributed by atoms with Crippen molar-refractivity contribution in [3.63, 3.8) is 0 Å². The monoisotopic (exact) mass is 463 g/mol. The highest BCUT2D eigenvalue weighted by Gasteiger charge is 2.23. The second-order valence-electron chi connectivity index (χ2n) is 7.86. The molecule has 0 saturated carbocycles. The lowest BCUT2D eigenvalue weighted by Crippen LogP contribution is -2.38. The lowest BCUT2D eigenvalue weighted by molar-refractivity contribution is -0.127. The third kappa shape index (κ3) is 6.28. The van der Waals surface area contributed by atoms with Gasteiger partial charge in [-0.1, -0.05) is 48.5 Å². The third-order valence-electron chi connectivity index (χ3n) is 5.68. The Balaban J connectivity index is 0.00000306. The first-order valence-electron chi connectivity index (χ1n) is 10.7. The zero-order valence-electron chi connectivity index (χ0n) is 18.1. The molecule has 1 saturated heterocycles. The van der Waals surface area contributed by atoms with Crippen LogP contribution in [0.4, 0.5) is 0 Å². The molecule has 1 fully saturated rings. The lowest BCUT2D eigenvalue weighted by Gasteiger charge is -2.32. The summed E-state index contributed by atoms with van der Waals surface area (Å²) in [5, 5.41) is 11.0. The molecule has 0 radical (unpaired) electrons. The van der Waals surface area contributed by atoms with Gasteiger partial charge in [0.15, 0.2) is 0 Å². The molecule has 1 aliphatic heterocycles. The smallest absolute Gasteiger partial charge is 0.267 e. The Morgan fingerprint density at radius 2 is 1.70 bits per heavy atom. The highest BCUT2D eigenvalue weighted by atomic mass is 35.5. The molecule has 0 aliphatic carbocycles. The number of hydrogen-bond acceptors (Lipinski definition) is 4. The van der Waals surface area contributed by atoms with E-state index in [1.807, 2.05) is 17.0 Å². The lowest BCUT2D eigenvalue weighted by atomic mass is 9.89. The number of likely N-dealkylation sites (tertiary alicyclic amines) is 1. The fourth-order valence-electron chi connectivity index (χ4n) is 4.03. The van der Waals surface area contributed by atoms with E-state index in [4.69, 9.17) is 5.21 Å². The van der Waals surface area contributed by atoms with Gasteiger partial charge in [0.1, 0.15) is 0 Å². The van der Waals surface area contributed by atoms with E-state index >= 15 is 0 Å². The van der Waals surface area contributed by atoms with Crippen LogP contribution in [0.3, 0.4) is 0 Å². The highest BCUT2D eigenvalue weighted by molar-refractivity contribution is 5.92. The van der Waals surface area contributed by atoms with Crippen LogP contribution >= 0.6 is 12.4 Å². The maximum atomic E-state index is 12.8. The normalized spacial score (nSPS) is 16.2. The molecule has 7 heteroatoms. The summed E-state index contributed by atoms with van der Waals surface area (Å²) in [6.45, 7) is 1.45. The second-order valence-corrected chi connectivity index (χ2v) is 7.86. The van der Waals surface area contributed by atoms with Crippen LogP contribution in [0.25, 0.3) is 22.9 Å². The van der Waals surface area contributed by atoms with E-state index in [9.17, 15) is 9.59 Å². The van der Waals surface area contributed by atoms with Crippen LogP contribution in [0, 0.1) is 0 Å². The minimum absolute atomic E-state index is 0. The molecule has 4 rings (SSSR count). The number of hydroxylamine groups is 1. The van der Waals surface area contributed by atoms with Crippen LogP contribution in [0.2, 0.25) is 0 Å². The van der Waals surface area contributed by atoms with Gasteiger partial charge in [-0.2, -0.15) is 0 Å². The van der Waals surface area contributed by atoms with Gasteiger partial charge >= 0.3 is 0 Å². The maximum Gasteiger partial charge on any atom is 0.267 e. The Labute approximate surface area is 199 Å². The van der Waals surface area contributed by atoms with Crippen LogP contribution in [0.1, 0.15) is 35.7 Å². The Bertz CT molecular complexity index is 1190. The first kappa shape index (κ1) is 24.2. The molecule has 2 amide bonds. The molecule has 6 nitrogen and oxygen atoms in total. The second kappa shape index (κ2) is 11.4. The third-order valence-corrected chi connectivity index (χ3v) is 5.68. The first-order valence-corrected chi connectivity index (χ1v) is 10.7. The van der Waals surface area contributed by atoms with E-state index in [2.05, 4.69) is 35.3 Å². The van der Waals surface area contributed by atoms with Crippen molar-refractivity contribution < 1.29 is 14.8 Å². The summed E-state index contributed by atoms with van der Waals surface area (Å²) in [6, 6.07) is 20.2. The van der Waals surface area contributed by atoms with E-state index in [-0.39, 0.29) is 18.3 Å². The topological polar surface area (TPSA) is 82.5 Å². The van der Waals surface area contributed by atoms with Crippen molar-refractivity contribution in [1.82, 2.24) is 15.4 Å². The maximum absolute atomic E-state index is 12.8. The van der Waals surface area contributed by atoms with E-state index in [0.717, 1.165) is 19.4 Å². The number of aromatic nitrogens is 1. The average molecular weight is 464 g/mol. The fraction of sp³-hybridized carbons (Fsp3) is 0.192. The van der Waals surface area contributed by atoms with Crippen molar-refractivity contribution >= 4 is 47.1 Å². The van der Waals surface area contributed by atoms with Crippen LogP contribution in [-0.4, -0.2) is 40.0 Å². The molecule has 1 atom stereocenters. The molecular formula is C26H26ClN3O3. The predicted octanol–water partition coefficient (Wildman–Crippen LogP) is 4.59. The molecule has 2 aromatic carbocycles. The van der Waals surface area contributed by atoms with E-state index in [1.165, 1.54) is 34.0 Å². The van der Waals surface area contributed by atoms with Gasteiger partial charge in [-0.05, 0) is 53.5 Å². The SMILES string of the molecule is Cl.O=C(C=Cc1cccc(C=CC(=O)N2CCCC(c3ccc4ccccc4c3)C2)n1)NO. The number of hydrogen-bond donors (Lipinski definition) is 2. The Morgan fingerprint density at radius 3 is 2.45 bits per heavy atom. The van der Waals surface area contributed by atoms with Gasteiger partial charge in [-0.25, -0.2) is 10.5 Å². The number of carbonyl (C=O) groups is 2. The van der Waals surface area contributed by atoms with Gasteiger partial charge < -0.3 is 4.90 Å². The number of pyridine rings is 1. The van der Waals surface area contributed by atoms with Crippen molar-refractivity contribution in [3.05, 3.63) is 89.8 Å². The summed E-state index contributed by atoms with van der Waals surface area (Å²) in [4.78, 5) is 30.2. The number of carbonyl (C=O) groups excluding carboxylic acids is 2. The van der Waals surface area contributed by atoms with Gasteiger partial charge in [0, 0.05) is 31.2 Å². The van der Waals surface area contributed by atoms with Crippen LogP contribution in [0.15, 0.2) is 72.8 Å². The number of benzene rings is 2. The fourth-order valence-corrected chi connectivity index (χ4v) is 4.03. The summed E-state index contributed by atoms with van der Waals surface area (Å²) >= 11 is 0. The van der Waals surface area contributed by atoms with Gasteiger partial charge in [0.05, 0.1) is 11.4 Å². The molecule has 0 spiro atoms. The molecule has 3 aromatic rings. The van der Waals surface area contributed by atoms with Gasteiger partial charge in [-0.15, -0.1) is 12.4 Å². The minimum atomic E-state index is -0.631. The summed E-state index contributed by atoms with van der Waals surface area (Å²) < 4.78 is 0. The van der Waals surface area contributed by atoms with E-state index in [1.54, 1.807) is 30.4 Å². The largest absolute Gasteiger partial charge is 0.339 e. The number of nitrogens with one attached hydrogen (secondary N) is 1. The summed E-state index contributed by atoms with van der Waals surface area (Å²) in [6.07, 6.45) is 7.96. The predicted molar refractivity (Wildman–Crippen MR) is 132 cm³/mol. The number of amides is 2. The van der Waals surface area contributed by atoms with Gasteiger partial charge in [0.2, 0.25) is 5.91 Å². The average Bonchev–Trinajstić information content (AvgIpc) is 2.85. The summed E-state index contributed by atoms with van der Waals surface area (Å²) in [7, 11) is 0. The zero-order valence-corrected chi connectivity index (χ0v) is 18.9. The number of fused-ring (bicyclic) bond motifs is 1. The molecule has 2 N–H and O–H groups in total. The van der Waals surface area contributed by atoms with Gasteiger partial charge in [-0.3, -0.25) is 14.8 Å². The van der Waals surface area contributed by atoms with E-state index < -0.39 is 5.91 Å². The molecule has 1 aromatic heterocycles. The van der Waals surface area contributed by atoms with Crippen molar-refractivity contribution in [2.45, 2.75) is 18.8 Å². The number of nitrogens with zero attached hydrogens (tertiary/aromatic N) is 2. The van der Waals surface area contributed by atoms with E-state index in [0.29, 0.717) is 23.9 Å². The van der Waals surface area contributed by atoms with Crippen LogP contribution < -0.4 is 5.48 Å². The van der Waals surface area contributed by atoms with Crippen molar-refractivity contribution in [2.75, 3.05) is 13.1 Å². The minimum Gasteiger partial charge on any atom is -0.339 e. The van der Waals surface area contributed by atoms with Crippen LogP contribution in [-0.2, 0) is 9.59 Å². The Kier molecular flexibility index (Phi) is 8.35. The van der Waals surface area contributed by atoms with Gasteiger partial charge in [0.25, 0.3) is 5.91 Å². The summed E-state index contributed by atoms with van der Waals surface area (Å²) in [5.41, 5.74) is 3.98. The summed E-state index contributed by atoms with van der Waals surface area (Å²) in [5.74, 6) is -0.332.